The van der Waals surface area contributed by atoms with Crippen molar-refractivity contribution in [2.45, 2.75) is 12.8 Å². The lowest BCUT2D eigenvalue weighted by molar-refractivity contribution is 0.589. The lowest BCUT2D eigenvalue weighted by Gasteiger charge is -2.29. The molecule has 2 heterocycles. The van der Waals surface area contributed by atoms with Crippen molar-refractivity contribution in [3.8, 4) is 0 Å². The highest BCUT2D eigenvalue weighted by atomic mass is 32.1. The van der Waals surface area contributed by atoms with Gasteiger partial charge in [0.1, 0.15) is 0 Å². The average molecular weight is 298 g/mol. The van der Waals surface area contributed by atoms with E-state index in [1.807, 2.05) is 0 Å². The zero-order valence-electron chi connectivity index (χ0n) is 11.9. The second kappa shape index (κ2) is 5.28. The van der Waals surface area contributed by atoms with Gasteiger partial charge in [-0.05, 0) is 31.0 Å². The molecule has 1 saturated heterocycles. The van der Waals surface area contributed by atoms with E-state index in [4.69, 9.17) is 0 Å². The fourth-order valence-corrected chi connectivity index (χ4v) is 4.24. The summed E-state index contributed by atoms with van der Waals surface area (Å²) in [7, 11) is 0. The molecule has 1 aliphatic heterocycles. The third-order valence-electron chi connectivity index (χ3n) is 4.26. The highest BCUT2D eigenvalue weighted by Gasteiger charge is 2.12. The van der Waals surface area contributed by atoms with Gasteiger partial charge in [0.15, 0.2) is 5.43 Å². The van der Waals surface area contributed by atoms with E-state index in [9.17, 15) is 4.79 Å². The van der Waals surface area contributed by atoms with Crippen LogP contribution in [0.15, 0.2) is 23.0 Å². The van der Waals surface area contributed by atoms with Crippen LogP contribution in [0.2, 0.25) is 0 Å². The molecule has 0 saturated carbocycles. The number of benzene rings is 1. The van der Waals surface area contributed by atoms with Crippen molar-refractivity contribution < 1.29 is 0 Å². The van der Waals surface area contributed by atoms with Gasteiger partial charge in [0.2, 0.25) is 0 Å². The largest absolute Gasteiger partial charge is 0.369 e. The lowest BCUT2D eigenvalue weighted by atomic mass is 10.1. The van der Waals surface area contributed by atoms with Gasteiger partial charge in [-0.25, -0.2) is 0 Å². The monoisotopic (exact) mass is 298 g/mol. The minimum absolute atomic E-state index is 0.201. The number of hydrogen-bond donors (Lipinski definition) is 1. The molecule has 3 nitrogen and oxygen atoms in total. The van der Waals surface area contributed by atoms with Crippen LogP contribution in [0.4, 0.5) is 5.69 Å². The Bertz CT molecular complexity index is 863. The zero-order valence-corrected chi connectivity index (χ0v) is 12.7. The Balaban J connectivity index is 1.92. The molecule has 21 heavy (non-hydrogen) atoms. The molecule has 2 aliphatic rings. The third-order valence-corrected chi connectivity index (χ3v) is 5.45. The van der Waals surface area contributed by atoms with E-state index >= 15 is 0 Å². The fraction of sp³-hybridized carbons (Fsp3) is 0.353. The Labute approximate surface area is 127 Å². The Morgan fingerprint density at radius 3 is 2.76 bits per heavy atom. The maximum absolute atomic E-state index is 12.7. The SMILES string of the molecule is O=c1c2c(sc3ccc(N4CCNCC4)cc13)=CCCC=2. The van der Waals surface area contributed by atoms with Gasteiger partial charge < -0.3 is 10.2 Å². The minimum atomic E-state index is 0.201. The van der Waals surface area contributed by atoms with Crippen molar-refractivity contribution in [2.75, 3.05) is 31.1 Å². The summed E-state index contributed by atoms with van der Waals surface area (Å²) in [5.74, 6) is 0. The van der Waals surface area contributed by atoms with Crippen LogP contribution in [0.3, 0.4) is 0 Å². The van der Waals surface area contributed by atoms with E-state index in [2.05, 4.69) is 40.6 Å². The number of nitrogens with zero attached hydrogens (tertiary/aromatic N) is 1. The topological polar surface area (TPSA) is 32.3 Å². The van der Waals surface area contributed by atoms with Gasteiger partial charge in [-0.2, -0.15) is 0 Å². The van der Waals surface area contributed by atoms with Gasteiger partial charge in [-0.15, -0.1) is 11.3 Å². The van der Waals surface area contributed by atoms with Gasteiger partial charge in [0.05, 0.1) is 0 Å². The predicted octanol–water partition coefficient (Wildman–Crippen LogP) is 1.03. The van der Waals surface area contributed by atoms with Gasteiger partial charge in [-0.3, -0.25) is 4.79 Å². The van der Waals surface area contributed by atoms with E-state index in [1.54, 1.807) is 11.3 Å². The Morgan fingerprint density at radius 1 is 1.10 bits per heavy atom. The van der Waals surface area contributed by atoms with Crippen LogP contribution in [-0.4, -0.2) is 26.2 Å². The molecule has 4 heteroatoms. The molecule has 0 atom stereocenters. The van der Waals surface area contributed by atoms with Crippen LogP contribution in [0.1, 0.15) is 12.8 Å². The predicted molar refractivity (Wildman–Crippen MR) is 90.6 cm³/mol. The van der Waals surface area contributed by atoms with Crippen molar-refractivity contribution in [3.63, 3.8) is 0 Å². The van der Waals surface area contributed by atoms with Crippen LogP contribution in [0.5, 0.6) is 0 Å². The molecule has 0 amide bonds. The minimum Gasteiger partial charge on any atom is -0.369 e. The molecule has 2 aromatic rings. The summed E-state index contributed by atoms with van der Waals surface area (Å²) in [4.78, 5) is 15.1. The molecule has 1 aromatic heterocycles. The van der Waals surface area contributed by atoms with Crippen molar-refractivity contribution in [1.29, 1.82) is 0 Å². The molecule has 0 bridgehead atoms. The van der Waals surface area contributed by atoms with Crippen molar-refractivity contribution in [2.24, 2.45) is 0 Å². The summed E-state index contributed by atoms with van der Waals surface area (Å²) in [5, 5.41) is 5.15. The summed E-state index contributed by atoms with van der Waals surface area (Å²) in [6, 6.07) is 6.35. The van der Waals surface area contributed by atoms with E-state index in [0.717, 1.165) is 58.9 Å². The molecule has 1 aromatic carbocycles. The van der Waals surface area contributed by atoms with Crippen LogP contribution in [-0.2, 0) is 0 Å². The highest BCUT2D eigenvalue weighted by molar-refractivity contribution is 7.16. The average Bonchev–Trinajstić information content (AvgIpc) is 2.56. The lowest BCUT2D eigenvalue weighted by Crippen LogP contribution is -2.43. The van der Waals surface area contributed by atoms with Crippen molar-refractivity contribution in [3.05, 3.63) is 38.2 Å². The van der Waals surface area contributed by atoms with Crippen molar-refractivity contribution >= 4 is 39.3 Å². The maximum atomic E-state index is 12.7. The van der Waals surface area contributed by atoms with Gasteiger partial charge >= 0.3 is 0 Å². The van der Waals surface area contributed by atoms with E-state index < -0.39 is 0 Å². The van der Waals surface area contributed by atoms with Crippen LogP contribution < -0.4 is 25.4 Å². The first kappa shape index (κ1) is 13.0. The number of rotatable bonds is 1. The maximum Gasteiger partial charge on any atom is 0.195 e. The highest BCUT2D eigenvalue weighted by Crippen LogP contribution is 2.21. The van der Waals surface area contributed by atoms with Gasteiger partial charge in [0, 0.05) is 51.7 Å². The number of anilines is 1. The van der Waals surface area contributed by atoms with Gasteiger partial charge in [0.25, 0.3) is 0 Å². The Kier molecular flexibility index (Phi) is 3.28. The number of fused-ring (bicyclic) bond motifs is 2. The molecule has 4 rings (SSSR count). The molecule has 108 valence electrons. The molecular formula is C17H18N2OS. The first-order valence-corrected chi connectivity index (χ1v) is 8.37. The molecular weight excluding hydrogens is 280 g/mol. The summed E-state index contributed by atoms with van der Waals surface area (Å²) in [6.45, 7) is 4.04. The van der Waals surface area contributed by atoms with Crippen LogP contribution in [0.25, 0.3) is 22.2 Å². The van der Waals surface area contributed by atoms with E-state index in [0.29, 0.717) is 0 Å². The second-order valence-corrected chi connectivity index (χ2v) is 6.70. The standard InChI is InChI=1S/C17H18N2OS/c20-17-13-3-1-2-4-15(13)21-16-6-5-12(11-14(16)17)19-9-7-18-8-10-19/h3-6,11,18H,1-2,7-10H2. The molecule has 1 N–H and O–H groups in total. The van der Waals surface area contributed by atoms with E-state index in [1.165, 1.54) is 5.69 Å². The normalized spacial score (nSPS) is 18.0. The molecule has 0 unspecified atom stereocenters. The molecule has 1 aliphatic carbocycles. The first-order chi connectivity index (χ1) is 10.3. The first-order valence-electron chi connectivity index (χ1n) is 7.56. The summed E-state index contributed by atoms with van der Waals surface area (Å²) < 4.78 is 2.25. The second-order valence-electron chi connectivity index (χ2n) is 5.61. The Morgan fingerprint density at radius 2 is 1.90 bits per heavy atom. The Hall–Kier alpha value is -1.65. The molecule has 0 radical (unpaired) electrons. The summed E-state index contributed by atoms with van der Waals surface area (Å²) in [5.41, 5.74) is 1.37. The van der Waals surface area contributed by atoms with Crippen LogP contribution >= 0.6 is 11.3 Å². The summed E-state index contributed by atoms with van der Waals surface area (Å²) >= 11 is 1.74. The fourth-order valence-electron chi connectivity index (χ4n) is 3.12. The number of hydrogen-bond acceptors (Lipinski definition) is 4. The number of piperazine rings is 1. The van der Waals surface area contributed by atoms with Crippen LogP contribution in [0, 0.1) is 0 Å². The molecule has 1 fully saturated rings. The quantitative estimate of drug-likeness (QED) is 0.853. The molecule has 0 spiro atoms. The third kappa shape index (κ3) is 2.28. The van der Waals surface area contributed by atoms with Crippen molar-refractivity contribution in [1.82, 2.24) is 5.32 Å². The van der Waals surface area contributed by atoms with E-state index in [-0.39, 0.29) is 5.43 Å². The summed E-state index contributed by atoms with van der Waals surface area (Å²) in [6.07, 6.45) is 6.33. The zero-order chi connectivity index (χ0) is 14.2. The van der Waals surface area contributed by atoms with Gasteiger partial charge in [-0.1, -0.05) is 12.2 Å². The smallest absolute Gasteiger partial charge is 0.195 e. The number of nitrogens with one attached hydrogen (secondary N) is 1.